The van der Waals surface area contributed by atoms with Gasteiger partial charge in [0.15, 0.2) is 0 Å². The summed E-state index contributed by atoms with van der Waals surface area (Å²) in [7, 11) is 5.56. The van der Waals surface area contributed by atoms with Crippen LogP contribution in [0.2, 0.25) is 0 Å². The van der Waals surface area contributed by atoms with Gasteiger partial charge in [0.1, 0.15) is 5.75 Å². The highest BCUT2D eigenvalue weighted by atomic mass is 16.5. The molecule has 0 saturated heterocycles. The number of ether oxygens (including phenoxy) is 1. The predicted octanol–water partition coefficient (Wildman–Crippen LogP) is 0.386. The van der Waals surface area contributed by atoms with Crippen molar-refractivity contribution in [2.24, 2.45) is 0 Å². The minimum Gasteiger partial charge on any atom is -0.497 e. The van der Waals surface area contributed by atoms with E-state index in [9.17, 15) is 0 Å². The fourth-order valence-corrected chi connectivity index (χ4v) is 1.86. The lowest BCUT2D eigenvalue weighted by molar-refractivity contribution is 0.414. The molecule has 1 aromatic carbocycles. The molecule has 1 N–H and O–H groups in total. The zero-order chi connectivity index (χ0) is 14.4. The lowest BCUT2D eigenvalue weighted by Gasteiger charge is -2.17. The van der Waals surface area contributed by atoms with E-state index < -0.39 is 0 Å². The summed E-state index contributed by atoms with van der Waals surface area (Å²) in [5.74, 6) is 1.60. The highest BCUT2D eigenvalue weighted by Crippen LogP contribution is 2.14. The van der Waals surface area contributed by atoms with E-state index in [2.05, 4.69) is 20.8 Å². The maximum atomic E-state index is 5.15. The van der Waals surface area contributed by atoms with Crippen LogP contribution in [0.3, 0.4) is 0 Å². The van der Waals surface area contributed by atoms with Gasteiger partial charge in [-0.3, -0.25) is 0 Å². The minimum absolute atomic E-state index is 0.635. The molecule has 0 amide bonds. The van der Waals surface area contributed by atoms with E-state index in [1.807, 2.05) is 43.3 Å². The number of nitrogens with one attached hydrogen (secondary N) is 1. The fourth-order valence-electron chi connectivity index (χ4n) is 1.86. The molecule has 0 spiro atoms. The number of aromatic nitrogens is 4. The van der Waals surface area contributed by atoms with Crippen LogP contribution >= 0.6 is 0 Å². The Kier molecular flexibility index (Phi) is 4.89. The average molecular weight is 276 g/mol. The number of anilines is 1. The summed E-state index contributed by atoms with van der Waals surface area (Å²) in [5.41, 5.74) is 1.13. The molecule has 2 aromatic rings. The molecular weight excluding hydrogens is 256 g/mol. The Morgan fingerprint density at radius 2 is 2.05 bits per heavy atom. The van der Waals surface area contributed by atoms with Crippen molar-refractivity contribution >= 4 is 5.95 Å². The normalized spacial score (nSPS) is 10.6. The molecule has 7 heteroatoms. The Bertz CT molecular complexity index is 524. The molecule has 0 saturated carbocycles. The van der Waals surface area contributed by atoms with Crippen molar-refractivity contribution in [3.8, 4) is 5.75 Å². The molecule has 108 valence electrons. The van der Waals surface area contributed by atoms with Crippen molar-refractivity contribution in [1.29, 1.82) is 0 Å². The number of tetrazole rings is 1. The van der Waals surface area contributed by atoms with Crippen molar-refractivity contribution in [3.05, 3.63) is 29.8 Å². The lowest BCUT2D eigenvalue weighted by atomic mass is 10.2. The van der Waals surface area contributed by atoms with Crippen molar-refractivity contribution in [2.75, 3.05) is 39.2 Å². The molecule has 0 atom stereocenters. The van der Waals surface area contributed by atoms with Crippen LogP contribution in [0.15, 0.2) is 24.3 Å². The predicted molar refractivity (Wildman–Crippen MR) is 77.1 cm³/mol. The number of methoxy groups -OCH3 is 1. The Labute approximate surface area is 118 Å². The molecule has 0 bridgehead atoms. The van der Waals surface area contributed by atoms with Gasteiger partial charge in [-0.05, 0) is 35.2 Å². The summed E-state index contributed by atoms with van der Waals surface area (Å²) in [6.07, 6.45) is 0. The third-order valence-electron chi connectivity index (χ3n) is 3.04. The molecule has 0 aliphatic heterocycles. The summed E-state index contributed by atoms with van der Waals surface area (Å²) in [4.78, 5) is 2.03. The van der Waals surface area contributed by atoms with E-state index >= 15 is 0 Å². The van der Waals surface area contributed by atoms with Gasteiger partial charge in [0.2, 0.25) is 5.95 Å². The summed E-state index contributed by atoms with van der Waals surface area (Å²) in [6, 6.07) is 7.89. The number of hydrogen-bond acceptors (Lipinski definition) is 6. The van der Waals surface area contributed by atoms with Gasteiger partial charge in [-0.15, -0.1) is 0 Å². The lowest BCUT2D eigenvalue weighted by Crippen LogP contribution is -2.29. The summed E-state index contributed by atoms with van der Waals surface area (Å²) in [6.45, 7) is 2.36. The van der Waals surface area contributed by atoms with Gasteiger partial charge in [0, 0.05) is 20.1 Å². The second-order valence-corrected chi connectivity index (χ2v) is 4.51. The largest absolute Gasteiger partial charge is 0.497 e. The molecule has 0 aliphatic rings. The third-order valence-corrected chi connectivity index (χ3v) is 3.04. The minimum atomic E-state index is 0.635. The first-order valence-corrected chi connectivity index (χ1v) is 6.49. The number of nitrogens with zero attached hydrogens (tertiary/aromatic N) is 5. The van der Waals surface area contributed by atoms with E-state index in [4.69, 9.17) is 4.74 Å². The van der Waals surface area contributed by atoms with Crippen LogP contribution in [0.1, 0.15) is 5.56 Å². The molecule has 0 radical (unpaired) electrons. The van der Waals surface area contributed by atoms with E-state index in [1.165, 1.54) is 0 Å². The zero-order valence-electron chi connectivity index (χ0n) is 12.1. The van der Waals surface area contributed by atoms with Gasteiger partial charge in [-0.25, -0.2) is 4.68 Å². The Balaban J connectivity index is 2.07. The highest BCUT2D eigenvalue weighted by molar-refractivity contribution is 5.30. The summed E-state index contributed by atoms with van der Waals surface area (Å²) in [5, 5.41) is 15.0. The SMILES string of the molecule is CNCCN(C)c1nnnn1Cc1ccc(OC)cc1. The number of benzene rings is 1. The topological polar surface area (TPSA) is 68.1 Å². The molecule has 0 aliphatic carbocycles. The highest BCUT2D eigenvalue weighted by Gasteiger charge is 2.11. The molecule has 1 aromatic heterocycles. The molecule has 2 rings (SSSR count). The third kappa shape index (κ3) is 3.45. The number of rotatable bonds is 7. The first-order chi connectivity index (χ1) is 9.74. The van der Waals surface area contributed by atoms with Crippen LogP contribution in [0.4, 0.5) is 5.95 Å². The van der Waals surface area contributed by atoms with Crippen molar-refractivity contribution in [3.63, 3.8) is 0 Å². The van der Waals surface area contributed by atoms with Gasteiger partial charge in [0.25, 0.3) is 0 Å². The zero-order valence-corrected chi connectivity index (χ0v) is 12.1. The Morgan fingerprint density at radius 3 is 2.70 bits per heavy atom. The molecule has 0 fully saturated rings. The van der Waals surface area contributed by atoms with Crippen molar-refractivity contribution in [1.82, 2.24) is 25.5 Å². The van der Waals surface area contributed by atoms with Crippen LogP contribution in [0, 0.1) is 0 Å². The summed E-state index contributed by atoms with van der Waals surface area (Å²) >= 11 is 0. The molecular formula is C13H20N6O. The quantitative estimate of drug-likeness (QED) is 0.789. The maximum Gasteiger partial charge on any atom is 0.245 e. The molecule has 1 heterocycles. The van der Waals surface area contributed by atoms with E-state index in [0.717, 1.165) is 30.4 Å². The van der Waals surface area contributed by atoms with Crippen LogP contribution < -0.4 is 15.0 Å². The average Bonchev–Trinajstić information content (AvgIpc) is 2.94. The molecule has 20 heavy (non-hydrogen) atoms. The van der Waals surface area contributed by atoms with Gasteiger partial charge < -0.3 is 15.0 Å². The maximum absolute atomic E-state index is 5.15. The smallest absolute Gasteiger partial charge is 0.245 e. The van der Waals surface area contributed by atoms with E-state index in [1.54, 1.807) is 11.8 Å². The van der Waals surface area contributed by atoms with E-state index in [-0.39, 0.29) is 0 Å². The Morgan fingerprint density at radius 1 is 1.30 bits per heavy atom. The molecule has 7 nitrogen and oxygen atoms in total. The van der Waals surface area contributed by atoms with E-state index in [0.29, 0.717) is 6.54 Å². The summed E-state index contributed by atoms with van der Waals surface area (Å²) < 4.78 is 6.94. The van der Waals surface area contributed by atoms with Gasteiger partial charge in [-0.1, -0.05) is 17.2 Å². The standard InChI is InChI=1S/C13H20N6O/c1-14-8-9-18(2)13-15-16-17-19(13)10-11-4-6-12(20-3)7-5-11/h4-7,14H,8-10H2,1-3H3. The van der Waals surface area contributed by atoms with Crippen molar-refractivity contribution in [2.45, 2.75) is 6.54 Å². The molecule has 0 unspecified atom stereocenters. The number of hydrogen-bond donors (Lipinski definition) is 1. The number of likely N-dealkylation sites (N-methyl/N-ethyl adjacent to an activating group) is 2. The first-order valence-electron chi connectivity index (χ1n) is 6.49. The second-order valence-electron chi connectivity index (χ2n) is 4.51. The monoisotopic (exact) mass is 276 g/mol. The van der Waals surface area contributed by atoms with Crippen LogP contribution in [-0.4, -0.2) is 54.5 Å². The second kappa shape index (κ2) is 6.85. The van der Waals surface area contributed by atoms with Crippen LogP contribution in [-0.2, 0) is 6.54 Å². The van der Waals surface area contributed by atoms with Crippen molar-refractivity contribution < 1.29 is 4.74 Å². The first kappa shape index (κ1) is 14.3. The van der Waals surface area contributed by atoms with Crippen LogP contribution in [0.5, 0.6) is 5.75 Å². The van der Waals surface area contributed by atoms with Gasteiger partial charge in [0.05, 0.1) is 13.7 Å². The van der Waals surface area contributed by atoms with Crippen LogP contribution in [0.25, 0.3) is 0 Å². The van der Waals surface area contributed by atoms with Gasteiger partial charge >= 0.3 is 0 Å². The van der Waals surface area contributed by atoms with Gasteiger partial charge in [-0.2, -0.15) is 0 Å². The Hall–Kier alpha value is -2.15. The fraction of sp³-hybridized carbons (Fsp3) is 0.462.